The zero-order chi connectivity index (χ0) is 26.9. The lowest BCUT2D eigenvalue weighted by Gasteiger charge is -2.26. The number of carbonyl (C=O) groups is 5. The van der Waals surface area contributed by atoms with E-state index < -0.39 is 48.0 Å². The number of ketones is 3. The molecule has 0 aromatic carbocycles. The number of rotatable bonds is 16. The third kappa shape index (κ3) is 9.76. The number of carboxylic acid groups (broad SMARTS) is 1. The van der Waals surface area contributed by atoms with Gasteiger partial charge in [-0.3, -0.25) is 24.0 Å². The minimum atomic E-state index is -1.22. The van der Waals surface area contributed by atoms with Crippen LogP contribution in [0.3, 0.4) is 0 Å². The summed E-state index contributed by atoms with van der Waals surface area (Å²) in [5, 5.41) is 11.9. The molecular formula is C26H41N3O6. The van der Waals surface area contributed by atoms with Crippen molar-refractivity contribution in [3.63, 3.8) is 0 Å². The summed E-state index contributed by atoms with van der Waals surface area (Å²) >= 11 is 0. The molecule has 0 aliphatic carbocycles. The highest BCUT2D eigenvalue weighted by molar-refractivity contribution is 5.96. The Kier molecular flexibility index (Phi) is 12.0. The van der Waals surface area contributed by atoms with Crippen LogP contribution in [0.2, 0.25) is 0 Å². The van der Waals surface area contributed by atoms with Crippen molar-refractivity contribution in [2.75, 3.05) is 0 Å². The van der Waals surface area contributed by atoms with Crippen LogP contribution in [0, 0.1) is 29.6 Å². The van der Waals surface area contributed by atoms with E-state index in [1.165, 1.54) is 0 Å². The molecule has 0 unspecified atom stereocenters. The van der Waals surface area contributed by atoms with Gasteiger partial charge in [0.15, 0.2) is 11.6 Å². The average Bonchev–Trinajstić information content (AvgIpc) is 3.27. The number of hydrogen-bond acceptors (Lipinski definition) is 6. The van der Waals surface area contributed by atoms with E-state index >= 15 is 0 Å². The van der Waals surface area contributed by atoms with Crippen LogP contribution in [0.4, 0.5) is 0 Å². The predicted molar refractivity (Wildman–Crippen MR) is 132 cm³/mol. The lowest BCUT2D eigenvalue weighted by molar-refractivity contribution is -0.142. The van der Waals surface area contributed by atoms with Gasteiger partial charge in [-0.25, -0.2) is 0 Å². The molecule has 0 radical (unpaired) electrons. The molecule has 1 amide bonds. The summed E-state index contributed by atoms with van der Waals surface area (Å²) < 4.78 is 0. The molecule has 0 fully saturated rings. The van der Waals surface area contributed by atoms with E-state index in [9.17, 15) is 29.1 Å². The van der Waals surface area contributed by atoms with Crippen molar-refractivity contribution in [1.82, 2.24) is 10.3 Å². The Labute approximate surface area is 207 Å². The van der Waals surface area contributed by atoms with Crippen LogP contribution in [0.25, 0.3) is 0 Å². The molecule has 0 saturated carbocycles. The third-order valence-electron chi connectivity index (χ3n) is 6.19. The second kappa shape index (κ2) is 13.9. The number of hydrogen-bond donors (Lipinski definition) is 4. The average molecular weight is 492 g/mol. The van der Waals surface area contributed by atoms with E-state index in [2.05, 4.69) is 10.3 Å². The SMILES string of the molecule is CC(C)C(=O)[C@@H](CC(=O)[C@@H](NC(=O)[C@H](CC(=O)O)CC(=O)[C@@H](N)C(C)C)C(C)C)Cc1ccc[nH]1. The van der Waals surface area contributed by atoms with Gasteiger partial charge in [-0.15, -0.1) is 0 Å². The number of H-pyrrole nitrogens is 1. The Balaban J connectivity index is 3.04. The highest BCUT2D eigenvalue weighted by Gasteiger charge is 2.34. The summed E-state index contributed by atoms with van der Waals surface area (Å²) in [4.78, 5) is 66.0. The summed E-state index contributed by atoms with van der Waals surface area (Å²) in [6.45, 7) is 10.6. The Morgan fingerprint density at radius 2 is 1.51 bits per heavy atom. The number of nitrogens with two attached hydrogens (primary N) is 1. The molecule has 9 nitrogen and oxygen atoms in total. The summed E-state index contributed by atoms with van der Waals surface area (Å²) in [5.74, 6) is -5.07. The topological polar surface area (TPSA) is 159 Å². The van der Waals surface area contributed by atoms with E-state index in [1.807, 2.05) is 12.1 Å². The van der Waals surface area contributed by atoms with Crippen LogP contribution in [-0.2, 0) is 30.4 Å². The molecule has 0 spiro atoms. The molecule has 1 aromatic heterocycles. The first-order valence-corrected chi connectivity index (χ1v) is 12.2. The largest absolute Gasteiger partial charge is 0.481 e. The van der Waals surface area contributed by atoms with Crippen LogP contribution >= 0.6 is 0 Å². The molecule has 0 saturated heterocycles. The molecule has 1 rings (SSSR count). The van der Waals surface area contributed by atoms with E-state index in [1.54, 1.807) is 47.7 Å². The monoisotopic (exact) mass is 491 g/mol. The molecule has 196 valence electrons. The normalized spacial score (nSPS) is 15.0. The van der Waals surface area contributed by atoms with E-state index in [4.69, 9.17) is 5.73 Å². The standard InChI is InChI=1S/C26H41N3O6/c1-14(2)23(27)20(30)12-18(13-22(32)33)26(35)29-24(15(3)4)21(31)11-17(25(34)16(5)6)10-19-8-7-9-28-19/h7-9,14-18,23-24,28H,10-13,27H2,1-6H3,(H,29,35)(H,32,33)/t17-,18+,23+,24+/m1/s1. The van der Waals surface area contributed by atoms with Gasteiger partial charge in [-0.2, -0.15) is 0 Å². The summed E-state index contributed by atoms with van der Waals surface area (Å²) in [5.41, 5.74) is 6.72. The molecule has 1 heterocycles. The molecule has 0 aliphatic rings. The highest BCUT2D eigenvalue weighted by atomic mass is 16.4. The predicted octanol–water partition coefficient (Wildman–Crippen LogP) is 2.53. The van der Waals surface area contributed by atoms with Gasteiger partial charge in [-0.1, -0.05) is 41.5 Å². The van der Waals surface area contributed by atoms with Gasteiger partial charge in [0.2, 0.25) is 5.91 Å². The van der Waals surface area contributed by atoms with Crippen LogP contribution in [-0.4, -0.2) is 51.4 Å². The van der Waals surface area contributed by atoms with E-state index in [-0.39, 0.29) is 42.2 Å². The van der Waals surface area contributed by atoms with Crippen LogP contribution in [0.15, 0.2) is 18.3 Å². The fourth-order valence-corrected chi connectivity index (χ4v) is 3.98. The maximum atomic E-state index is 13.3. The molecule has 9 heteroatoms. The summed E-state index contributed by atoms with van der Waals surface area (Å²) in [6.07, 6.45) is 1.19. The number of aromatic nitrogens is 1. The molecule has 35 heavy (non-hydrogen) atoms. The Morgan fingerprint density at radius 3 is 1.97 bits per heavy atom. The van der Waals surface area contributed by atoms with Gasteiger partial charge in [0.25, 0.3) is 0 Å². The fraction of sp³-hybridized carbons (Fsp3) is 0.654. The zero-order valence-corrected chi connectivity index (χ0v) is 21.7. The highest BCUT2D eigenvalue weighted by Crippen LogP contribution is 2.21. The maximum Gasteiger partial charge on any atom is 0.304 e. The summed E-state index contributed by atoms with van der Waals surface area (Å²) in [7, 11) is 0. The molecule has 4 atom stereocenters. The Bertz CT molecular complexity index is 876. The van der Waals surface area contributed by atoms with Crippen molar-refractivity contribution in [3.8, 4) is 0 Å². The third-order valence-corrected chi connectivity index (χ3v) is 6.19. The first kappa shape index (κ1) is 30.2. The van der Waals surface area contributed by atoms with Crippen molar-refractivity contribution >= 4 is 29.2 Å². The minimum Gasteiger partial charge on any atom is -0.481 e. The van der Waals surface area contributed by atoms with E-state index in [0.29, 0.717) is 6.42 Å². The first-order valence-electron chi connectivity index (χ1n) is 12.2. The quantitative estimate of drug-likeness (QED) is 0.276. The lowest BCUT2D eigenvalue weighted by atomic mass is 9.84. The van der Waals surface area contributed by atoms with Crippen LogP contribution in [0.1, 0.15) is 66.5 Å². The van der Waals surface area contributed by atoms with Crippen LogP contribution in [0.5, 0.6) is 0 Å². The first-order chi connectivity index (χ1) is 16.2. The Hall–Kier alpha value is -2.81. The number of nitrogens with one attached hydrogen (secondary N) is 2. The molecular weight excluding hydrogens is 450 g/mol. The smallest absolute Gasteiger partial charge is 0.304 e. The fourth-order valence-electron chi connectivity index (χ4n) is 3.98. The van der Waals surface area contributed by atoms with Gasteiger partial charge < -0.3 is 21.1 Å². The number of aliphatic carboxylic acids is 1. The molecule has 0 bridgehead atoms. The van der Waals surface area contributed by atoms with Crippen molar-refractivity contribution in [3.05, 3.63) is 24.0 Å². The van der Waals surface area contributed by atoms with Crippen LogP contribution < -0.4 is 11.1 Å². The molecule has 0 aliphatic heterocycles. The van der Waals surface area contributed by atoms with Gasteiger partial charge >= 0.3 is 5.97 Å². The van der Waals surface area contributed by atoms with Gasteiger partial charge in [0, 0.05) is 36.6 Å². The summed E-state index contributed by atoms with van der Waals surface area (Å²) in [6, 6.07) is 1.94. The number of carboxylic acids is 1. The van der Waals surface area contributed by atoms with Crippen molar-refractivity contribution in [2.24, 2.45) is 35.3 Å². The second-order valence-electron chi connectivity index (χ2n) is 10.3. The number of aromatic amines is 1. The maximum absolute atomic E-state index is 13.3. The van der Waals surface area contributed by atoms with Gasteiger partial charge in [0.1, 0.15) is 5.78 Å². The van der Waals surface area contributed by atoms with Crippen molar-refractivity contribution < 1.29 is 29.1 Å². The molecule has 1 aromatic rings. The van der Waals surface area contributed by atoms with Gasteiger partial charge in [0.05, 0.1) is 24.4 Å². The van der Waals surface area contributed by atoms with Crippen molar-refractivity contribution in [1.29, 1.82) is 0 Å². The van der Waals surface area contributed by atoms with E-state index in [0.717, 1.165) is 5.69 Å². The van der Waals surface area contributed by atoms with Crippen molar-refractivity contribution in [2.45, 2.75) is 79.3 Å². The number of carbonyl (C=O) groups excluding carboxylic acids is 4. The Morgan fingerprint density at radius 1 is 0.914 bits per heavy atom. The number of Topliss-reactive ketones (excluding diaryl/α,β-unsaturated/α-hetero) is 3. The zero-order valence-electron chi connectivity index (χ0n) is 21.7. The molecule has 5 N–H and O–H groups in total. The number of amides is 1. The minimum absolute atomic E-state index is 0.0428. The second-order valence-corrected chi connectivity index (χ2v) is 10.3. The van der Waals surface area contributed by atoms with Gasteiger partial charge in [-0.05, 0) is 30.4 Å². The lowest BCUT2D eigenvalue weighted by Crippen LogP contribution is -2.49.